The van der Waals surface area contributed by atoms with E-state index in [-0.39, 0.29) is 12.2 Å². The summed E-state index contributed by atoms with van der Waals surface area (Å²) in [7, 11) is 0. The van der Waals surface area contributed by atoms with E-state index in [0.29, 0.717) is 34.1 Å². The standard InChI is InChI=1S/C15H11ClN4O2/c16-11-5-10(2-1-8(11)6-17)20-7-19-12-3-9(15(18)22)4-13(21)14(12)20/h1-2,5,7,9H,3-4H2,(H2,18,22). The molecule has 0 spiro atoms. The molecule has 22 heavy (non-hydrogen) atoms. The molecule has 1 atom stereocenters. The molecule has 1 heterocycles. The second kappa shape index (κ2) is 5.28. The van der Waals surface area contributed by atoms with Crippen LogP contribution in [-0.2, 0) is 11.2 Å². The van der Waals surface area contributed by atoms with Crippen LogP contribution in [0.2, 0.25) is 5.02 Å². The lowest BCUT2D eigenvalue weighted by Gasteiger charge is -2.19. The van der Waals surface area contributed by atoms with Gasteiger partial charge in [0.15, 0.2) is 5.78 Å². The molecule has 0 saturated carbocycles. The molecule has 0 saturated heterocycles. The van der Waals surface area contributed by atoms with E-state index in [1.807, 2.05) is 6.07 Å². The molecule has 1 unspecified atom stereocenters. The number of ketones is 1. The third-order valence-electron chi connectivity index (χ3n) is 3.73. The number of Topliss-reactive ketones (excluding diaryl/α,β-unsaturated/α-hetero) is 1. The number of fused-ring (bicyclic) bond motifs is 1. The molecule has 1 aliphatic rings. The number of carbonyl (C=O) groups excluding carboxylic acids is 2. The maximum absolute atomic E-state index is 12.3. The number of hydrogen-bond donors (Lipinski definition) is 1. The SMILES string of the molecule is N#Cc1ccc(-n2cnc3c2C(=O)CC(C(N)=O)C3)cc1Cl. The Hall–Kier alpha value is -2.65. The molecule has 1 aliphatic carbocycles. The second-order valence-corrected chi connectivity index (χ2v) is 5.52. The topological polar surface area (TPSA) is 102 Å². The van der Waals surface area contributed by atoms with Gasteiger partial charge in [0, 0.05) is 18.5 Å². The molecular formula is C15H11ClN4O2. The molecule has 7 heteroatoms. The summed E-state index contributed by atoms with van der Waals surface area (Å²) in [5.74, 6) is -1.18. The van der Waals surface area contributed by atoms with Crippen LogP contribution in [0.15, 0.2) is 24.5 Å². The predicted molar refractivity (Wildman–Crippen MR) is 78.6 cm³/mol. The van der Waals surface area contributed by atoms with E-state index in [0.717, 1.165) is 0 Å². The van der Waals surface area contributed by atoms with Crippen LogP contribution in [0.1, 0.15) is 28.2 Å². The number of amides is 1. The number of hydrogen-bond acceptors (Lipinski definition) is 4. The number of carbonyl (C=O) groups is 2. The maximum Gasteiger partial charge on any atom is 0.221 e. The minimum atomic E-state index is -0.507. The average Bonchev–Trinajstić information content (AvgIpc) is 2.91. The van der Waals surface area contributed by atoms with Gasteiger partial charge in [0.1, 0.15) is 18.1 Å². The van der Waals surface area contributed by atoms with Crippen molar-refractivity contribution < 1.29 is 9.59 Å². The summed E-state index contributed by atoms with van der Waals surface area (Å²) in [5, 5.41) is 9.21. The van der Waals surface area contributed by atoms with Gasteiger partial charge in [-0.25, -0.2) is 4.98 Å². The Morgan fingerprint density at radius 1 is 1.45 bits per heavy atom. The average molecular weight is 315 g/mol. The number of rotatable bonds is 2. The van der Waals surface area contributed by atoms with Crippen LogP contribution in [0.5, 0.6) is 0 Å². The summed E-state index contributed by atoms with van der Waals surface area (Å²) >= 11 is 6.03. The minimum absolute atomic E-state index is 0.0814. The first-order valence-corrected chi connectivity index (χ1v) is 6.98. The molecule has 1 amide bonds. The molecule has 0 fully saturated rings. The number of nitriles is 1. The van der Waals surface area contributed by atoms with Gasteiger partial charge in [0.2, 0.25) is 5.91 Å². The van der Waals surface area contributed by atoms with Crippen molar-refractivity contribution in [2.45, 2.75) is 12.8 Å². The van der Waals surface area contributed by atoms with Crippen molar-refractivity contribution in [2.75, 3.05) is 0 Å². The number of nitrogens with zero attached hydrogens (tertiary/aromatic N) is 3. The van der Waals surface area contributed by atoms with Gasteiger partial charge in [-0.05, 0) is 18.2 Å². The number of benzene rings is 1. The van der Waals surface area contributed by atoms with Crippen molar-refractivity contribution in [3.8, 4) is 11.8 Å². The van der Waals surface area contributed by atoms with Crippen LogP contribution in [0.4, 0.5) is 0 Å². The van der Waals surface area contributed by atoms with Crippen molar-refractivity contribution in [3.63, 3.8) is 0 Å². The van der Waals surface area contributed by atoms with E-state index >= 15 is 0 Å². The van der Waals surface area contributed by atoms with Crippen molar-refractivity contribution in [2.24, 2.45) is 11.7 Å². The maximum atomic E-state index is 12.3. The number of primary amides is 1. The van der Waals surface area contributed by atoms with E-state index in [9.17, 15) is 9.59 Å². The van der Waals surface area contributed by atoms with E-state index in [1.165, 1.54) is 6.33 Å². The van der Waals surface area contributed by atoms with Crippen molar-refractivity contribution in [1.29, 1.82) is 5.26 Å². The lowest BCUT2D eigenvalue weighted by atomic mass is 9.88. The van der Waals surface area contributed by atoms with Crippen LogP contribution in [0.25, 0.3) is 5.69 Å². The van der Waals surface area contributed by atoms with Crippen molar-refractivity contribution in [1.82, 2.24) is 9.55 Å². The van der Waals surface area contributed by atoms with E-state index in [1.54, 1.807) is 22.8 Å². The Bertz CT molecular complexity index is 835. The zero-order valence-electron chi connectivity index (χ0n) is 11.4. The Morgan fingerprint density at radius 2 is 2.23 bits per heavy atom. The molecule has 0 aliphatic heterocycles. The normalized spacial score (nSPS) is 16.9. The Kier molecular flexibility index (Phi) is 3.43. The van der Waals surface area contributed by atoms with Gasteiger partial charge < -0.3 is 5.73 Å². The zero-order chi connectivity index (χ0) is 15.9. The summed E-state index contributed by atoms with van der Waals surface area (Å²) in [6, 6.07) is 6.87. The van der Waals surface area contributed by atoms with E-state index in [2.05, 4.69) is 4.98 Å². The molecule has 1 aromatic heterocycles. The molecular weight excluding hydrogens is 304 g/mol. The highest BCUT2D eigenvalue weighted by atomic mass is 35.5. The fraction of sp³-hybridized carbons (Fsp3) is 0.200. The Labute approximate surface area is 131 Å². The number of nitrogens with two attached hydrogens (primary N) is 1. The number of halogens is 1. The lowest BCUT2D eigenvalue weighted by Crippen LogP contribution is -2.32. The van der Waals surface area contributed by atoms with Gasteiger partial charge in [0.25, 0.3) is 0 Å². The van der Waals surface area contributed by atoms with Crippen LogP contribution in [0.3, 0.4) is 0 Å². The third kappa shape index (κ3) is 2.26. The van der Waals surface area contributed by atoms with Crippen LogP contribution in [0, 0.1) is 17.2 Å². The second-order valence-electron chi connectivity index (χ2n) is 5.12. The van der Waals surface area contributed by atoms with Crippen molar-refractivity contribution in [3.05, 3.63) is 46.5 Å². The monoisotopic (exact) mass is 314 g/mol. The molecule has 0 bridgehead atoms. The third-order valence-corrected chi connectivity index (χ3v) is 4.05. The predicted octanol–water partition coefficient (Wildman–Crippen LogP) is 1.63. The summed E-state index contributed by atoms with van der Waals surface area (Å²) in [6.07, 6.45) is 1.95. The Balaban J connectivity index is 2.06. The largest absolute Gasteiger partial charge is 0.369 e. The fourth-order valence-corrected chi connectivity index (χ4v) is 2.81. The van der Waals surface area contributed by atoms with E-state index < -0.39 is 11.8 Å². The van der Waals surface area contributed by atoms with E-state index in [4.69, 9.17) is 22.6 Å². The van der Waals surface area contributed by atoms with Gasteiger partial charge in [-0.1, -0.05) is 11.6 Å². The molecule has 2 N–H and O–H groups in total. The quantitative estimate of drug-likeness (QED) is 0.910. The number of aromatic nitrogens is 2. The highest BCUT2D eigenvalue weighted by Gasteiger charge is 2.32. The molecule has 1 aromatic carbocycles. The lowest BCUT2D eigenvalue weighted by molar-refractivity contribution is -0.121. The first-order chi connectivity index (χ1) is 10.5. The Morgan fingerprint density at radius 3 is 2.86 bits per heavy atom. The van der Waals surface area contributed by atoms with Crippen LogP contribution >= 0.6 is 11.6 Å². The first-order valence-electron chi connectivity index (χ1n) is 6.60. The summed E-state index contributed by atoms with van der Waals surface area (Å²) in [4.78, 5) is 27.8. The van der Waals surface area contributed by atoms with Crippen molar-refractivity contribution >= 4 is 23.3 Å². The first kappa shape index (κ1) is 14.3. The van der Waals surface area contributed by atoms with Crippen LogP contribution in [-0.4, -0.2) is 21.2 Å². The van der Waals surface area contributed by atoms with Gasteiger partial charge in [-0.2, -0.15) is 5.26 Å². The summed E-state index contributed by atoms with van der Waals surface area (Å²) in [5.41, 5.74) is 7.28. The molecule has 0 radical (unpaired) electrons. The molecule has 2 aromatic rings. The fourth-order valence-electron chi connectivity index (χ4n) is 2.60. The smallest absolute Gasteiger partial charge is 0.221 e. The van der Waals surface area contributed by atoms with Gasteiger partial charge in [-0.3, -0.25) is 14.2 Å². The van der Waals surface area contributed by atoms with Gasteiger partial charge in [-0.15, -0.1) is 0 Å². The zero-order valence-corrected chi connectivity index (χ0v) is 12.2. The molecule has 6 nitrogen and oxygen atoms in total. The highest BCUT2D eigenvalue weighted by Crippen LogP contribution is 2.28. The molecule has 110 valence electrons. The van der Waals surface area contributed by atoms with Gasteiger partial charge in [0.05, 0.1) is 22.2 Å². The highest BCUT2D eigenvalue weighted by molar-refractivity contribution is 6.31. The summed E-state index contributed by atoms with van der Waals surface area (Å²) in [6.45, 7) is 0. The minimum Gasteiger partial charge on any atom is -0.369 e. The molecule has 3 rings (SSSR count). The summed E-state index contributed by atoms with van der Waals surface area (Å²) < 4.78 is 1.63. The van der Waals surface area contributed by atoms with Crippen LogP contribution < -0.4 is 5.73 Å². The number of imidazole rings is 1. The van der Waals surface area contributed by atoms with Gasteiger partial charge >= 0.3 is 0 Å².